The van der Waals surface area contributed by atoms with Crippen molar-refractivity contribution in [1.82, 2.24) is 0 Å². The summed E-state index contributed by atoms with van der Waals surface area (Å²) < 4.78 is 92.3. The van der Waals surface area contributed by atoms with Gasteiger partial charge < -0.3 is 0 Å². The summed E-state index contributed by atoms with van der Waals surface area (Å²) >= 11 is 0. The zero-order chi connectivity index (χ0) is 45.3. The van der Waals surface area contributed by atoms with Crippen molar-refractivity contribution in [2.24, 2.45) is 0 Å². The van der Waals surface area contributed by atoms with Crippen LogP contribution in [0.3, 0.4) is 0 Å². The Morgan fingerprint density at radius 1 is 0.308 bits per heavy atom. The third-order valence-corrected chi connectivity index (χ3v) is 15.4. The Kier molecular flexibility index (Phi) is 8.95. The van der Waals surface area contributed by atoms with Gasteiger partial charge in [-0.2, -0.15) is 26.3 Å². The van der Waals surface area contributed by atoms with Gasteiger partial charge in [0.25, 0.3) is 0 Å². The van der Waals surface area contributed by atoms with Crippen molar-refractivity contribution in [2.45, 2.75) is 69.1 Å². The van der Waals surface area contributed by atoms with Crippen LogP contribution in [0.5, 0.6) is 0 Å². The van der Waals surface area contributed by atoms with E-state index in [4.69, 9.17) is 0 Å². The highest BCUT2D eigenvalue weighted by atomic mass is 19.4. The number of rotatable bonds is 6. The molecular formula is C59H44F6. The summed E-state index contributed by atoms with van der Waals surface area (Å²) in [4.78, 5) is 0. The van der Waals surface area contributed by atoms with Gasteiger partial charge in [-0.25, -0.2) is 0 Å². The zero-order valence-corrected chi connectivity index (χ0v) is 36.3. The molecule has 322 valence electrons. The summed E-state index contributed by atoms with van der Waals surface area (Å²) in [6.07, 6.45) is -7.66. The molecule has 0 bridgehead atoms. The van der Waals surface area contributed by atoms with Crippen molar-refractivity contribution in [3.8, 4) is 77.9 Å². The molecule has 0 fully saturated rings. The Morgan fingerprint density at radius 2 is 0.646 bits per heavy atom. The standard InChI is InChI=1S/C59H44F6/c1-5-57(6-2)53-33-45(37-25-27-41-39-21-13-15-23-49(39)55(3,51(41)29-37)58(60,61)62)43(35-17-9-7-10-18-35)31-47(53)48-32-44(36-19-11-8-12-20-36)46(34-54(48)57)38-26-28-42-40-22-14-16-24-50(40)56(4,52(42)30-38)59(63,64)65/h7-34H,5-6H2,1-4H3. The summed E-state index contributed by atoms with van der Waals surface area (Å²) in [6, 6.07) is 53.6. The van der Waals surface area contributed by atoms with Gasteiger partial charge in [-0.1, -0.05) is 147 Å². The Bertz CT molecular complexity index is 3010. The lowest BCUT2D eigenvalue weighted by Crippen LogP contribution is -2.38. The monoisotopic (exact) mass is 866 g/mol. The third-order valence-electron chi connectivity index (χ3n) is 15.4. The molecule has 65 heavy (non-hydrogen) atoms. The molecule has 0 heterocycles. The van der Waals surface area contributed by atoms with Gasteiger partial charge >= 0.3 is 12.4 Å². The van der Waals surface area contributed by atoms with Crippen LogP contribution in [0.25, 0.3) is 77.9 Å². The summed E-state index contributed by atoms with van der Waals surface area (Å²) in [6.45, 7) is 6.92. The van der Waals surface area contributed by atoms with Crippen LogP contribution in [-0.4, -0.2) is 12.4 Å². The molecule has 0 aliphatic heterocycles. The maximum atomic E-state index is 15.4. The topological polar surface area (TPSA) is 0 Å². The number of fused-ring (bicyclic) bond motifs is 9. The van der Waals surface area contributed by atoms with Crippen LogP contribution in [0.4, 0.5) is 26.3 Å². The van der Waals surface area contributed by atoms with Crippen LogP contribution < -0.4 is 0 Å². The Hall–Kier alpha value is -6.66. The average molecular weight is 867 g/mol. The minimum atomic E-state index is -4.54. The van der Waals surface area contributed by atoms with E-state index in [1.807, 2.05) is 84.9 Å². The summed E-state index contributed by atoms with van der Waals surface area (Å²) in [5.41, 5.74) is 9.42. The summed E-state index contributed by atoms with van der Waals surface area (Å²) in [5, 5.41) is 0. The number of benzene rings is 8. The molecule has 8 aromatic carbocycles. The Labute approximate surface area is 375 Å². The molecule has 2 atom stereocenters. The highest BCUT2D eigenvalue weighted by molar-refractivity contribution is 5.98. The largest absolute Gasteiger partial charge is 0.402 e. The minimum absolute atomic E-state index is 0.236. The number of hydrogen-bond donors (Lipinski definition) is 0. The van der Waals surface area contributed by atoms with Gasteiger partial charge in [0.1, 0.15) is 10.8 Å². The van der Waals surface area contributed by atoms with Crippen molar-refractivity contribution >= 4 is 0 Å². The van der Waals surface area contributed by atoms with Gasteiger partial charge in [-0.05, 0) is 174 Å². The van der Waals surface area contributed by atoms with Gasteiger partial charge in [-0.3, -0.25) is 0 Å². The maximum absolute atomic E-state index is 15.4. The fourth-order valence-electron chi connectivity index (χ4n) is 11.7. The molecule has 0 amide bonds. The quantitative estimate of drug-likeness (QED) is 0.146. The predicted molar refractivity (Wildman–Crippen MR) is 251 cm³/mol. The van der Waals surface area contributed by atoms with Crippen LogP contribution >= 0.6 is 0 Å². The third kappa shape index (κ3) is 5.58. The molecule has 0 radical (unpaired) electrons. The molecule has 3 aliphatic carbocycles. The first-order valence-corrected chi connectivity index (χ1v) is 22.3. The van der Waals surface area contributed by atoms with Gasteiger partial charge in [-0.15, -0.1) is 0 Å². The Morgan fingerprint density at radius 3 is 1.02 bits per heavy atom. The molecule has 8 aromatic rings. The maximum Gasteiger partial charge on any atom is 0.402 e. The molecule has 3 aliphatic rings. The normalized spacial score (nSPS) is 18.7. The van der Waals surface area contributed by atoms with Crippen LogP contribution in [0.1, 0.15) is 73.9 Å². The van der Waals surface area contributed by atoms with Crippen molar-refractivity contribution < 1.29 is 26.3 Å². The van der Waals surface area contributed by atoms with E-state index in [0.29, 0.717) is 33.4 Å². The van der Waals surface area contributed by atoms with Crippen molar-refractivity contribution in [1.29, 1.82) is 0 Å². The fourth-order valence-corrected chi connectivity index (χ4v) is 11.7. The molecule has 0 N–H and O–H groups in total. The first kappa shape index (κ1) is 41.1. The molecule has 0 saturated heterocycles. The van der Waals surface area contributed by atoms with E-state index in [1.54, 1.807) is 60.7 Å². The van der Waals surface area contributed by atoms with Gasteiger partial charge in [0.15, 0.2) is 0 Å². The van der Waals surface area contributed by atoms with E-state index in [0.717, 1.165) is 68.5 Å². The van der Waals surface area contributed by atoms with Crippen LogP contribution in [-0.2, 0) is 16.2 Å². The van der Waals surface area contributed by atoms with Crippen molar-refractivity contribution in [3.63, 3.8) is 0 Å². The highest BCUT2D eigenvalue weighted by Gasteiger charge is 2.59. The summed E-state index contributed by atoms with van der Waals surface area (Å²) in [5.74, 6) is 0. The van der Waals surface area contributed by atoms with Crippen LogP contribution in [0.15, 0.2) is 170 Å². The van der Waals surface area contributed by atoms with Gasteiger partial charge in [0, 0.05) is 5.41 Å². The fraction of sp³-hybridized carbons (Fsp3) is 0.186. The van der Waals surface area contributed by atoms with E-state index in [1.165, 1.54) is 13.8 Å². The lowest BCUT2D eigenvalue weighted by molar-refractivity contribution is -0.172. The van der Waals surface area contributed by atoms with Crippen LogP contribution in [0.2, 0.25) is 0 Å². The number of hydrogen-bond acceptors (Lipinski definition) is 0. The van der Waals surface area contributed by atoms with E-state index in [9.17, 15) is 0 Å². The highest BCUT2D eigenvalue weighted by Crippen LogP contribution is 2.61. The van der Waals surface area contributed by atoms with Crippen molar-refractivity contribution in [2.75, 3.05) is 0 Å². The lowest BCUT2D eigenvalue weighted by atomic mass is 9.72. The number of halogens is 6. The Balaban J connectivity index is 1.16. The molecule has 6 heteroatoms. The second-order valence-corrected chi connectivity index (χ2v) is 18.3. The van der Waals surface area contributed by atoms with Gasteiger partial charge in [0.05, 0.1) is 0 Å². The van der Waals surface area contributed by atoms with E-state index in [-0.39, 0.29) is 22.3 Å². The first-order valence-electron chi connectivity index (χ1n) is 22.3. The van der Waals surface area contributed by atoms with Gasteiger partial charge in [0.2, 0.25) is 0 Å². The number of alkyl halides is 6. The van der Waals surface area contributed by atoms with E-state index in [2.05, 4.69) is 38.1 Å². The molecule has 11 rings (SSSR count). The zero-order valence-electron chi connectivity index (χ0n) is 36.3. The molecule has 2 unspecified atom stereocenters. The van der Waals surface area contributed by atoms with E-state index < -0.39 is 28.6 Å². The molecular weight excluding hydrogens is 823 g/mol. The lowest BCUT2D eigenvalue weighted by Gasteiger charge is -2.32. The predicted octanol–water partition coefficient (Wildman–Crippen LogP) is 17.1. The smallest absolute Gasteiger partial charge is 0.170 e. The molecule has 0 saturated carbocycles. The first-order chi connectivity index (χ1) is 31.2. The second-order valence-electron chi connectivity index (χ2n) is 18.3. The minimum Gasteiger partial charge on any atom is -0.170 e. The van der Waals surface area contributed by atoms with Crippen molar-refractivity contribution in [3.05, 3.63) is 203 Å². The summed E-state index contributed by atoms with van der Waals surface area (Å²) in [7, 11) is 0. The SMILES string of the molecule is CCC1(CC)c2cc(-c3ccc4c(c3)C(C)(C(F)(F)F)c3ccccc3-4)c(-c3ccccc3)cc2-c2cc(-c3ccccc3)c(-c3ccc4c(c3)C(C)(C(F)(F)F)c3ccccc3-4)cc21. The molecule has 0 spiro atoms. The van der Waals surface area contributed by atoms with E-state index >= 15 is 26.3 Å². The second kappa shape index (κ2) is 14.2. The molecule has 0 aromatic heterocycles. The average Bonchev–Trinajstić information content (AvgIpc) is 3.87. The molecule has 0 nitrogen and oxygen atoms in total. The van der Waals surface area contributed by atoms with Crippen LogP contribution in [0, 0.1) is 0 Å².